The minimum atomic E-state index is -0.135. The first kappa shape index (κ1) is 22.9. The number of amides is 1. The van der Waals surface area contributed by atoms with Gasteiger partial charge < -0.3 is 20.0 Å². The van der Waals surface area contributed by atoms with Gasteiger partial charge in [0.25, 0.3) is 5.56 Å². The van der Waals surface area contributed by atoms with Gasteiger partial charge in [0.15, 0.2) is 0 Å². The van der Waals surface area contributed by atoms with Gasteiger partial charge in [0.2, 0.25) is 11.9 Å². The normalized spacial score (nSPS) is 19.5. The number of nitrogens with zero attached hydrogens (tertiary/aromatic N) is 7. The number of fused-ring (bicyclic) bond motifs is 1. The first-order chi connectivity index (χ1) is 17.6. The molecule has 0 unspecified atom stereocenters. The Morgan fingerprint density at radius 3 is 2.44 bits per heavy atom. The van der Waals surface area contributed by atoms with Crippen molar-refractivity contribution in [3.63, 3.8) is 0 Å². The molecule has 3 aliphatic rings. The zero-order valence-corrected chi connectivity index (χ0v) is 20.7. The summed E-state index contributed by atoms with van der Waals surface area (Å²) in [6.07, 6.45) is 8.93. The molecule has 3 fully saturated rings. The van der Waals surface area contributed by atoms with E-state index in [1.807, 2.05) is 12.3 Å². The smallest absolute Gasteiger partial charge is 0.276 e. The zero-order valence-electron chi connectivity index (χ0n) is 20.7. The first-order valence-corrected chi connectivity index (χ1v) is 13.0. The lowest BCUT2D eigenvalue weighted by Crippen LogP contribution is -2.44. The van der Waals surface area contributed by atoms with Crippen LogP contribution in [0.15, 0.2) is 35.4 Å². The summed E-state index contributed by atoms with van der Waals surface area (Å²) in [5.41, 5.74) is 2.02. The molecular weight excluding hydrogens is 456 g/mol. The van der Waals surface area contributed by atoms with E-state index in [0.29, 0.717) is 36.1 Å². The second-order valence-electron chi connectivity index (χ2n) is 10.1. The Bertz CT molecular complexity index is 1320. The third-order valence-electron chi connectivity index (χ3n) is 7.66. The minimum absolute atomic E-state index is 0.00900. The number of hydrogen-bond acceptors (Lipinski definition) is 8. The van der Waals surface area contributed by atoms with Crippen LogP contribution in [0.3, 0.4) is 0 Å². The maximum absolute atomic E-state index is 13.6. The van der Waals surface area contributed by atoms with Crippen molar-refractivity contribution in [3.8, 4) is 0 Å². The van der Waals surface area contributed by atoms with Crippen LogP contribution >= 0.6 is 0 Å². The Hall–Kier alpha value is -3.53. The minimum Gasteiger partial charge on any atom is -0.368 e. The van der Waals surface area contributed by atoms with E-state index in [-0.39, 0.29) is 17.5 Å². The molecule has 0 spiro atoms. The van der Waals surface area contributed by atoms with Crippen LogP contribution in [-0.4, -0.2) is 70.1 Å². The van der Waals surface area contributed by atoms with E-state index in [2.05, 4.69) is 38.2 Å². The van der Waals surface area contributed by atoms with Gasteiger partial charge in [0, 0.05) is 56.8 Å². The Balaban J connectivity index is 1.31. The van der Waals surface area contributed by atoms with Gasteiger partial charge >= 0.3 is 0 Å². The summed E-state index contributed by atoms with van der Waals surface area (Å²) in [6.45, 7) is 4.65. The second kappa shape index (κ2) is 9.50. The average Bonchev–Trinajstić information content (AvgIpc) is 3.57. The Kier molecular flexibility index (Phi) is 6.04. The third-order valence-corrected chi connectivity index (χ3v) is 7.66. The fraction of sp³-hybridized carbons (Fsp3) is 0.500. The number of aromatic nitrogens is 4. The maximum atomic E-state index is 13.6. The second-order valence-corrected chi connectivity index (χ2v) is 10.1. The van der Waals surface area contributed by atoms with Crippen LogP contribution in [0.1, 0.15) is 44.6 Å². The van der Waals surface area contributed by atoms with Gasteiger partial charge in [0.05, 0.1) is 11.9 Å². The van der Waals surface area contributed by atoms with Crippen molar-refractivity contribution in [2.24, 2.45) is 0 Å². The largest absolute Gasteiger partial charge is 0.368 e. The monoisotopic (exact) mass is 488 g/mol. The molecule has 0 aromatic carbocycles. The molecule has 1 amide bonds. The van der Waals surface area contributed by atoms with Crippen LogP contribution < -0.4 is 20.7 Å². The molecule has 3 aromatic heterocycles. The van der Waals surface area contributed by atoms with Gasteiger partial charge in [-0.05, 0) is 44.5 Å². The summed E-state index contributed by atoms with van der Waals surface area (Å²) in [4.78, 5) is 46.2. The number of carbonyl (C=O) groups excluding carboxylic acids is 1. The van der Waals surface area contributed by atoms with E-state index >= 15 is 0 Å². The van der Waals surface area contributed by atoms with Gasteiger partial charge in [-0.1, -0.05) is 12.8 Å². The number of piperazine rings is 1. The molecule has 10 nitrogen and oxygen atoms in total. The molecule has 6 rings (SSSR count). The Morgan fingerprint density at radius 1 is 0.944 bits per heavy atom. The SMILES string of the molecule is CN1CCN(c2ccc(Nc3ncc4cc(N5CCCC5=O)c(=O)n(C5CCCC5)c4n3)nc2)CC1. The summed E-state index contributed by atoms with van der Waals surface area (Å²) in [5.74, 6) is 1.06. The van der Waals surface area contributed by atoms with Gasteiger partial charge in [0.1, 0.15) is 17.2 Å². The number of carbonyl (C=O) groups is 1. The van der Waals surface area contributed by atoms with E-state index in [9.17, 15) is 9.59 Å². The highest BCUT2D eigenvalue weighted by molar-refractivity contribution is 5.96. The van der Waals surface area contributed by atoms with Crippen molar-refractivity contribution in [3.05, 3.63) is 40.9 Å². The molecule has 0 atom stereocenters. The number of pyridine rings is 2. The number of likely N-dealkylation sites (N-methyl/N-ethyl adjacent to an activating group) is 1. The molecule has 0 radical (unpaired) electrons. The third kappa shape index (κ3) is 4.30. The van der Waals surface area contributed by atoms with Gasteiger partial charge in [-0.2, -0.15) is 4.98 Å². The quantitative estimate of drug-likeness (QED) is 0.585. The van der Waals surface area contributed by atoms with Crippen LogP contribution in [0.5, 0.6) is 0 Å². The topological polar surface area (TPSA) is 99.5 Å². The number of anilines is 4. The lowest BCUT2D eigenvalue weighted by molar-refractivity contribution is -0.117. The lowest BCUT2D eigenvalue weighted by atomic mass is 10.2. The van der Waals surface area contributed by atoms with Gasteiger partial charge in [-0.15, -0.1) is 0 Å². The molecular formula is C26H32N8O2. The van der Waals surface area contributed by atoms with Gasteiger partial charge in [-0.3, -0.25) is 14.2 Å². The first-order valence-electron chi connectivity index (χ1n) is 13.0. The van der Waals surface area contributed by atoms with E-state index in [4.69, 9.17) is 4.98 Å². The molecule has 10 heteroatoms. The number of nitrogens with one attached hydrogen (secondary N) is 1. The summed E-state index contributed by atoms with van der Waals surface area (Å²) in [6, 6.07) is 5.86. The fourth-order valence-electron chi connectivity index (χ4n) is 5.59. The van der Waals surface area contributed by atoms with E-state index in [1.165, 1.54) is 0 Å². The molecule has 0 bridgehead atoms. The van der Waals surface area contributed by atoms with E-state index < -0.39 is 0 Å². The molecule has 1 N–H and O–H groups in total. The van der Waals surface area contributed by atoms with Crippen LogP contribution in [-0.2, 0) is 4.79 Å². The van der Waals surface area contributed by atoms with Crippen LogP contribution in [0.4, 0.5) is 23.1 Å². The molecule has 188 valence electrons. The van der Waals surface area contributed by atoms with Crippen molar-refractivity contribution < 1.29 is 4.79 Å². The van der Waals surface area contributed by atoms with Gasteiger partial charge in [-0.25, -0.2) is 9.97 Å². The summed E-state index contributed by atoms with van der Waals surface area (Å²) < 4.78 is 1.81. The van der Waals surface area contributed by atoms with Crippen molar-refractivity contribution in [2.75, 3.05) is 54.9 Å². The number of hydrogen-bond donors (Lipinski definition) is 1. The van der Waals surface area contributed by atoms with Crippen molar-refractivity contribution in [2.45, 2.75) is 44.6 Å². The van der Waals surface area contributed by atoms with Crippen molar-refractivity contribution >= 4 is 40.1 Å². The molecule has 2 aliphatic heterocycles. The Morgan fingerprint density at radius 2 is 1.75 bits per heavy atom. The highest BCUT2D eigenvalue weighted by Gasteiger charge is 2.28. The average molecular weight is 489 g/mol. The summed E-state index contributed by atoms with van der Waals surface area (Å²) in [7, 11) is 2.14. The fourth-order valence-corrected chi connectivity index (χ4v) is 5.59. The van der Waals surface area contributed by atoms with Crippen LogP contribution in [0.2, 0.25) is 0 Å². The maximum Gasteiger partial charge on any atom is 0.276 e. The molecule has 1 aliphatic carbocycles. The molecule has 36 heavy (non-hydrogen) atoms. The van der Waals surface area contributed by atoms with Crippen LogP contribution in [0, 0.1) is 0 Å². The predicted octanol–water partition coefficient (Wildman–Crippen LogP) is 2.92. The lowest BCUT2D eigenvalue weighted by Gasteiger charge is -2.33. The van der Waals surface area contributed by atoms with E-state index in [0.717, 1.165) is 69.4 Å². The Labute approximate surface area is 210 Å². The summed E-state index contributed by atoms with van der Waals surface area (Å²) >= 11 is 0. The highest BCUT2D eigenvalue weighted by Crippen LogP contribution is 2.32. The summed E-state index contributed by atoms with van der Waals surface area (Å²) in [5, 5.41) is 3.97. The predicted molar refractivity (Wildman–Crippen MR) is 140 cm³/mol. The molecule has 3 aromatic rings. The zero-order chi connectivity index (χ0) is 24.6. The highest BCUT2D eigenvalue weighted by atomic mass is 16.2. The molecule has 2 saturated heterocycles. The van der Waals surface area contributed by atoms with Crippen LogP contribution in [0.25, 0.3) is 11.0 Å². The molecule has 1 saturated carbocycles. The van der Waals surface area contributed by atoms with E-state index in [1.54, 1.807) is 21.7 Å². The van der Waals surface area contributed by atoms with Crippen molar-refractivity contribution in [1.82, 2.24) is 24.4 Å². The van der Waals surface area contributed by atoms with Crippen molar-refractivity contribution in [1.29, 1.82) is 0 Å². The number of rotatable bonds is 5. The standard InChI is InChI=1S/C26H32N8O2/c1-31-11-13-32(14-12-31)20-8-9-22(27-17-20)29-26-28-16-18-15-21(33-10-4-7-23(33)35)25(36)34(24(18)30-26)19-5-2-3-6-19/h8-9,15-17,19H,2-7,10-14H2,1H3,(H,27,28,29,30). The molecule has 5 heterocycles.